The lowest BCUT2D eigenvalue weighted by atomic mass is 10.00. The summed E-state index contributed by atoms with van der Waals surface area (Å²) in [6.07, 6.45) is 0.495. The summed E-state index contributed by atoms with van der Waals surface area (Å²) in [6, 6.07) is 5.72. The van der Waals surface area contributed by atoms with Crippen LogP contribution in [0.2, 0.25) is 0 Å². The van der Waals surface area contributed by atoms with E-state index in [1.165, 1.54) is 5.56 Å². The van der Waals surface area contributed by atoms with E-state index in [1.54, 1.807) is 0 Å². The van der Waals surface area contributed by atoms with Crippen LogP contribution in [0.25, 0.3) is 0 Å². The Hall–Kier alpha value is -1.72. The second-order valence-corrected chi connectivity index (χ2v) is 8.23. The molecule has 27 heavy (non-hydrogen) atoms. The fraction of sp³-hybridized carbons (Fsp3) is 0.636. The van der Waals surface area contributed by atoms with Gasteiger partial charge in [0.15, 0.2) is 5.78 Å². The third kappa shape index (κ3) is 6.15. The van der Waals surface area contributed by atoms with Gasteiger partial charge in [0.25, 0.3) is 0 Å². The minimum atomic E-state index is -0.0758. The standard InChI is InChI=1S/C22H35N3O2/c1-6-24-11-13-25(14-12-24)22(4,5)16-23-21(27)10-9-20(26)19-8-7-17(2)18(3)15-19/h7-8,15H,6,9-14,16H2,1-5H3,(H,23,27). The molecule has 1 aliphatic rings. The summed E-state index contributed by atoms with van der Waals surface area (Å²) in [6.45, 7) is 16.5. The lowest BCUT2D eigenvalue weighted by Gasteiger charge is -2.44. The van der Waals surface area contributed by atoms with Crippen molar-refractivity contribution in [1.82, 2.24) is 15.1 Å². The highest BCUT2D eigenvalue weighted by Crippen LogP contribution is 2.16. The van der Waals surface area contributed by atoms with Crippen LogP contribution in [0, 0.1) is 13.8 Å². The van der Waals surface area contributed by atoms with Gasteiger partial charge in [-0.25, -0.2) is 0 Å². The Morgan fingerprint density at radius 2 is 1.70 bits per heavy atom. The van der Waals surface area contributed by atoms with E-state index < -0.39 is 0 Å². The zero-order chi connectivity index (χ0) is 20.0. The van der Waals surface area contributed by atoms with E-state index in [4.69, 9.17) is 0 Å². The van der Waals surface area contributed by atoms with Crippen molar-refractivity contribution < 1.29 is 9.59 Å². The minimum Gasteiger partial charge on any atom is -0.354 e. The monoisotopic (exact) mass is 373 g/mol. The summed E-state index contributed by atoms with van der Waals surface area (Å²) in [7, 11) is 0. The SMILES string of the molecule is CCN1CCN(C(C)(C)CNC(=O)CCC(=O)c2ccc(C)c(C)c2)CC1. The molecule has 1 N–H and O–H groups in total. The number of hydrogen-bond donors (Lipinski definition) is 1. The Morgan fingerprint density at radius 1 is 1.04 bits per heavy atom. The molecule has 1 aromatic carbocycles. The lowest BCUT2D eigenvalue weighted by Crippen LogP contribution is -2.58. The van der Waals surface area contributed by atoms with Crippen molar-refractivity contribution in [2.75, 3.05) is 39.3 Å². The molecule has 1 fully saturated rings. The summed E-state index contributed by atoms with van der Waals surface area (Å²) in [5.41, 5.74) is 2.90. The number of amides is 1. The average molecular weight is 374 g/mol. The summed E-state index contributed by atoms with van der Waals surface area (Å²) < 4.78 is 0. The van der Waals surface area contributed by atoms with Crippen LogP contribution in [0.4, 0.5) is 0 Å². The van der Waals surface area contributed by atoms with Gasteiger partial charge < -0.3 is 10.2 Å². The number of carbonyl (C=O) groups excluding carboxylic acids is 2. The highest BCUT2D eigenvalue weighted by molar-refractivity contribution is 5.98. The average Bonchev–Trinajstić information content (AvgIpc) is 2.66. The smallest absolute Gasteiger partial charge is 0.220 e. The Kier molecular flexibility index (Phi) is 7.57. The molecule has 0 saturated carbocycles. The summed E-state index contributed by atoms with van der Waals surface area (Å²) >= 11 is 0. The zero-order valence-electron chi connectivity index (χ0n) is 17.6. The number of likely N-dealkylation sites (N-methyl/N-ethyl adjacent to an activating group) is 1. The van der Waals surface area contributed by atoms with Crippen molar-refractivity contribution in [3.63, 3.8) is 0 Å². The van der Waals surface area contributed by atoms with Crippen LogP contribution in [0.15, 0.2) is 18.2 Å². The van der Waals surface area contributed by atoms with E-state index in [0.717, 1.165) is 38.3 Å². The van der Waals surface area contributed by atoms with Gasteiger partial charge >= 0.3 is 0 Å². The van der Waals surface area contributed by atoms with Gasteiger partial charge in [0.05, 0.1) is 0 Å². The molecule has 2 rings (SSSR count). The van der Waals surface area contributed by atoms with Gasteiger partial charge in [-0.15, -0.1) is 0 Å². The second-order valence-electron chi connectivity index (χ2n) is 8.23. The highest BCUT2D eigenvalue weighted by atomic mass is 16.2. The molecule has 0 radical (unpaired) electrons. The summed E-state index contributed by atoms with van der Waals surface area (Å²) in [5, 5.41) is 3.03. The topological polar surface area (TPSA) is 52.6 Å². The molecule has 0 unspecified atom stereocenters. The van der Waals surface area contributed by atoms with Gasteiger partial charge in [-0.1, -0.05) is 19.1 Å². The van der Waals surface area contributed by atoms with E-state index in [-0.39, 0.29) is 30.1 Å². The van der Waals surface area contributed by atoms with E-state index in [0.29, 0.717) is 12.1 Å². The molecular weight excluding hydrogens is 338 g/mol. The molecule has 1 aliphatic heterocycles. The molecular formula is C22H35N3O2. The van der Waals surface area contributed by atoms with E-state index in [2.05, 4.69) is 35.9 Å². The van der Waals surface area contributed by atoms with Gasteiger partial charge in [-0.05, 0) is 51.4 Å². The molecule has 150 valence electrons. The fourth-order valence-corrected chi connectivity index (χ4v) is 3.47. The number of Topliss-reactive ketones (excluding diaryl/α,β-unsaturated/α-hetero) is 1. The van der Waals surface area contributed by atoms with Gasteiger partial charge in [-0.3, -0.25) is 14.5 Å². The maximum atomic E-state index is 12.3. The molecule has 0 aliphatic carbocycles. The van der Waals surface area contributed by atoms with Crippen LogP contribution >= 0.6 is 0 Å². The normalized spacial score (nSPS) is 16.3. The van der Waals surface area contributed by atoms with Crippen molar-refractivity contribution >= 4 is 11.7 Å². The van der Waals surface area contributed by atoms with Gasteiger partial charge in [0.1, 0.15) is 0 Å². The summed E-state index contributed by atoms with van der Waals surface area (Å²) in [4.78, 5) is 29.5. The molecule has 1 aromatic rings. The molecule has 0 bridgehead atoms. The van der Waals surface area contributed by atoms with Crippen molar-refractivity contribution in [2.24, 2.45) is 0 Å². The number of nitrogens with one attached hydrogen (secondary N) is 1. The maximum absolute atomic E-state index is 12.3. The first-order valence-corrected chi connectivity index (χ1v) is 10.1. The molecule has 5 heteroatoms. The van der Waals surface area contributed by atoms with Crippen LogP contribution in [0.3, 0.4) is 0 Å². The fourth-order valence-electron chi connectivity index (χ4n) is 3.47. The van der Waals surface area contributed by atoms with Crippen LogP contribution in [0.1, 0.15) is 55.1 Å². The number of nitrogens with zero attached hydrogens (tertiary/aromatic N) is 2. The Balaban J connectivity index is 1.76. The molecule has 1 heterocycles. The van der Waals surface area contributed by atoms with Crippen molar-refractivity contribution in [1.29, 1.82) is 0 Å². The van der Waals surface area contributed by atoms with Gasteiger partial charge in [-0.2, -0.15) is 0 Å². The predicted molar refractivity (Wildman–Crippen MR) is 110 cm³/mol. The molecule has 1 amide bonds. The van der Waals surface area contributed by atoms with Crippen LogP contribution in [-0.4, -0.2) is 66.3 Å². The maximum Gasteiger partial charge on any atom is 0.220 e. The molecule has 0 aromatic heterocycles. The predicted octanol–water partition coefficient (Wildman–Crippen LogP) is 2.80. The largest absolute Gasteiger partial charge is 0.354 e. The first kappa shape index (κ1) is 21.6. The zero-order valence-corrected chi connectivity index (χ0v) is 17.6. The summed E-state index contributed by atoms with van der Waals surface area (Å²) in [5.74, 6) is -0.0179. The Bertz CT molecular complexity index is 662. The molecule has 1 saturated heterocycles. The van der Waals surface area contributed by atoms with Crippen molar-refractivity contribution in [2.45, 2.75) is 53.0 Å². The number of piperazine rings is 1. The van der Waals surface area contributed by atoms with Crippen molar-refractivity contribution in [3.8, 4) is 0 Å². The number of ketones is 1. The number of benzene rings is 1. The van der Waals surface area contributed by atoms with Crippen LogP contribution in [0.5, 0.6) is 0 Å². The van der Waals surface area contributed by atoms with Gasteiger partial charge in [0.2, 0.25) is 5.91 Å². The number of rotatable bonds is 8. The van der Waals surface area contributed by atoms with Crippen LogP contribution < -0.4 is 5.32 Å². The van der Waals surface area contributed by atoms with E-state index in [1.807, 2.05) is 32.0 Å². The quantitative estimate of drug-likeness (QED) is 0.712. The lowest BCUT2D eigenvalue weighted by molar-refractivity contribution is -0.121. The molecule has 5 nitrogen and oxygen atoms in total. The third-order valence-corrected chi connectivity index (χ3v) is 5.80. The highest BCUT2D eigenvalue weighted by Gasteiger charge is 2.29. The first-order chi connectivity index (χ1) is 12.7. The number of hydrogen-bond acceptors (Lipinski definition) is 4. The number of aryl methyl sites for hydroxylation is 2. The van der Waals surface area contributed by atoms with E-state index >= 15 is 0 Å². The van der Waals surface area contributed by atoms with Crippen molar-refractivity contribution in [3.05, 3.63) is 34.9 Å². The number of carbonyl (C=O) groups is 2. The Morgan fingerprint density at radius 3 is 2.30 bits per heavy atom. The third-order valence-electron chi connectivity index (χ3n) is 5.80. The first-order valence-electron chi connectivity index (χ1n) is 10.1. The molecule has 0 spiro atoms. The second kappa shape index (κ2) is 9.47. The van der Waals surface area contributed by atoms with Gasteiger partial charge in [0, 0.05) is 56.7 Å². The van der Waals surface area contributed by atoms with E-state index in [9.17, 15) is 9.59 Å². The Labute approximate surface area is 164 Å². The van der Waals surface area contributed by atoms with Crippen LogP contribution in [-0.2, 0) is 4.79 Å². The molecule has 0 atom stereocenters. The minimum absolute atomic E-state index is 0.0307.